The Morgan fingerprint density at radius 1 is 1.50 bits per heavy atom. The largest absolute Gasteiger partial charge is 0.464 e. The Bertz CT molecular complexity index is 203. The fourth-order valence-corrected chi connectivity index (χ4v) is 0.445. The predicted molar refractivity (Wildman–Crippen MR) is 36.0 cm³/mol. The number of hydrogen-bond donors (Lipinski definition) is 1. The van der Waals surface area contributed by atoms with Crippen molar-refractivity contribution in [3.8, 4) is 0 Å². The number of nitrogens with zero attached hydrogens (tertiary/aromatic N) is 3. The van der Waals surface area contributed by atoms with Gasteiger partial charge in [0, 0.05) is 6.20 Å². The first-order valence-corrected chi connectivity index (χ1v) is 2.55. The molecule has 1 aliphatic rings. The molecule has 1 N–H and O–H groups in total. The molecule has 10 heavy (non-hydrogen) atoms. The minimum atomic E-state index is -1.08. The minimum absolute atomic E-state index is 0.910. The lowest BCUT2D eigenvalue weighted by atomic mass is 10.6. The molecule has 5 heteroatoms. The molecule has 0 fully saturated rings. The molecule has 1 aliphatic heterocycles. The van der Waals surface area contributed by atoms with Crippen LogP contribution < -0.4 is 0 Å². The second-order valence-corrected chi connectivity index (χ2v) is 1.53. The molecule has 0 atom stereocenters. The molecular formula is C5H5N3O2. The number of hydrogen-bond acceptors (Lipinski definition) is 3. The molecule has 0 unspecified atom stereocenters. The Labute approximate surface area is 57.0 Å². The van der Waals surface area contributed by atoms with Crippen molar-refractivity contribution in [1.29, 1.82) is 0 Å². The molecule has 5 nitrogen and oxygen atoms in total. The number of rotatable bonds is 0. The van der Waals surface area contributed by atoms with Crippen LogP contribution in [0.1, 0.15) is 0 Å². The van der Waals surface area contributed by atoms with E-state index >= 15 is 0 Å². The van der Waals surface area contributed by atoms with Crippen molar-refractivity contribution in [2.45, 2.75) is 0 Å². The fraction of sp³-hybridized carbons (Fsp3) is 0. The van der Waals surface area contributed by atoms with Crippen LogP contribution in [-0.4, -0.2) is 28.7 Å². The maximum atomic E-state index is 10.2. The van der Waals surface area contributed by atoms with E-state index in [4.69, 9.17) is 5.11 Å². The monoisotopic (exact) mass is 139 g/mol. The summed E-state index contributed by atoms with van der Waals surface area (Å²) < 4.78 is 0. The summed E-state index contributed by atoms with van der Waals surface area (Å²) >= 11 is 0. The maximum Gasteiger partial charge on any atom is 0.416 e. The van der Waals surface area contributed by atoms with E-state index in [-0.39, 0.29) is 0 Å². The van der Waals surface area contributed by atoms with Gasteiger partial charge in [0.2, 0.25) is 0 Å². The SMILES string of the molecule is O=C(O)N1C=CC=NN=C1. The summed E-state index contributed by atoms with van der Waals surface area (Å²) in [5.41, 5.74) is 0. The standard InChI is InChI=1S/C5H5N3O2/c9-5(10)8-3-1-2-6-7-4-8/h1-4H,(H,9,10). The number of allylic oxidation sites excluding steroid dienone is 1. The zero-order valence-electron chi connectivity index (χ0n) is 5.01. The summed E-state index contributed by atoms with van der Waals surface area (Å²) in [6.45, 7) is 0. The van der Waals surface area contributed by atoms with Crippen LogP contribution in [0.15, 0.2) is 22.5 Å². The second-order valence-electron chi connectivity index (χ2n) is 1.53. The molecule has 0 radical (unpaired) electrons. The lowest BCUT2D eigenvalue weighted by Crippen LogP contribution is -2.20. The second kappa shape index (κ2) is 2.77. The van der Waals surface area contributed by atoms with Gasteiger partial charge in [0.1, 0.15) is 6.34 Å². The van der Waals surface area contributed by atoms with Gasteiger partial charge in [-0.3, -0.25) is 0 Å². The van der Waals surface area contributed by atoms with Gasteiger partial charge in [0.05, 0.1) is 6.21 Å². The molecule has 0 aromatic heterocycles. The third kappa shape index (κ3) is 1.41. The topological polar surface area (TPSA) is 65.3 Å². The zero-order chi connectivity index (χ0) is 7.40. The first-order chi connectivity index (χ1) is 4.80. The Morgan fingerprint density at radius 3 is 3.00 bits per heavy atom. The number of carbonyl (C=O) groups is 1. The highest BCUT2D eigenvalue weighted by molar-refractivity contribution is 5.85. The van der Waals surface area contributed by atoms with E-state index in [1.807, 2.05) is 0 Å². The van der Waals surface area contributed by atoms with Gasteiger partial charge in [-0.2, -0.15) is 5.10 Å². The highest BCUT2D eigenvalue weighted by atomic mass is 16.4. The van der Waals surface area contributed by atoms with Crippen LogP contribution >= 0.6 is 0 Å². The summed E-state index contributed by atoms with van der Waals surface area (Å²) in [5, 5.41) is 15.2. The number of carboxylic acid groups (broad SMARTS) is 1. The summed E-state index contributed by atoms with van der Waals surface area (Å²) in [6, 6.07) is 0. The van der Waals surface area contributed by atoms with Crippen LogP contribution in [0.5, 0.6) is 0 Å². The molecule has 0 aromatic carbocycles. The molecule has 0 saturated carbocycles. The lowest BCUT2D eigenvalue weighted by molar-refractivity contribution is 0.181. The van der Waals surface area contributed by atoms with E-state index in [0.717, 1.165) is 11.2 Å². The average Bonchev–Trinajstić information content (AvgIpc) is 2.12. The highest BCUT2D eigenvalue weighted by Crippen LogP contribution is 1.89. The van der Waals surface area contributed by atoms with Crippen LogP contribution in [0.4, 0.5) is 4.79 Å². The quantitative estimate of drug-likeness (QED) is 0.531. The van der Waals surface area contributed by atoms with Crippen molar-refractivity contribution < 1.29 is 9.90 Å². The molecule has 0 spiro atoms. The van der Waals surface area contributed by atoms with Crippen LogP contribution in [0.25, 0.3) is 0 Å². The zero-order valence-corrected chi connectivity index (χ0v) is 5.01. The number of amides is 1. The molecule has 0 bridgehead atoms. The molecule has 0 aromatic rings. The summed E-state index contributed by atoms with van der Waals surface area (Å²) in [7, 11) is 0. The van der Waals surface area contributed by atoms with Gasteiger partial charge in [0.25, 0.3) is 0 Å². The summed E-state index contributed by atoms with van der Waals surface area (Å²) in [6.07, 6.45) is 4.27. The first kappa shape index (κ1) is 6.47. The van der Waals surface area contributed by atoms with E-state index in [9.17, 15) is 4.79 Å². The summed E-state index contributed by atoms with van der Waals surface area (Å²) in [4.78, 5) is 11.1. The predicted octanol–water partition coefficient (Wildman–Crippen LogP) is 0.508. The van der Waals surface area contributed by atoms with Gasteiger partial charge in [-0.15, -0.1) is 5.10 Å². The van der Waals surface area contributed by atoms with Crippen LogP contribution in [0, 0.1) is 0 Å². The van der Waals surface area contributed by atoms with Crippen LogP contribution in [0.3, 0.4) is 0 Å². The van der Waals surface area contributed by atoms with Crippen molar-refractivity contribution in [3.05, 3.63) is 12.3 Å². The van der Waals surface area contributed by atoms with E-state index in [1.54, 1.807) is 0 Å². The van der Waals surface area contributed by atoms with Crippen molar-refractivity contribution in [2.75, 3.05) is 0 Å². The van der Waals surface area contributed by atoms with Crippen LogP contribution in [0.2, 0.25) is 0 Å². The molecule has 52 valence electrons. The van der Waals surface area contributed by atoms with Gasteiger partial charge in [-0.25, -0.2) is 9.69 Å². The molecule has 1 amide bonds. The third-order valence-electron chi connectivity index (χ3n) is 0.863. The highest BCUT2D eigenvalue weighted by Gasteiger charge is 2.03. The summed E-state index contributed by atoms with van der Waals surface area (Å²) in [5.74, 6) is 0. The van der Waals surface area contributed by atoms with Crippen molar-refractivity contribution in [1.82, 2.24) is 4.90 Å². The van der Waals surface area contributed by atoms with E-state index in [1.165, 1.54) is 18.5 Å². The van der Waals surface area contributed by atoms with Gasteiger partial charge in [-0.05, 0) is 6.08 Å². The minimum Gasteiger partial charge on any atom is -0.464 e. The maximum absolute atomic E-state index is 10.2. The van der Waals surface area contributed by atoms with E-state index in [0.29, 0.717) is 0 Å². The van der Waals surface area contributed by atoms with Gasteiger partial charge in [0.15, 0.2) is 0 Å². The Morgan fingerprint density at radius 2 is 2.30 bits per heavy atom. The van der Waals surface area contributed by atoms with E-state index < -0.39 is 6.09 Å². The molecule has 1 rings (SSSR count). The Balaban J connectivity index is 2.72. The van der Waals surface area contributed by atoms with Crippen molar-refractivity contribution in [2.24, 2.45) is 10.2 Å². The molecule has 0 aliphatic carbocycles. The van der Waals surface area contributed by atoms with Crippen LogP contribution in [-0.2, 0) is 0 Å². The Kier molecular flexibility index (Phi) is 1.79. The smallest absolute Gasteiger partial charge is 0.416 e. The van der Waals surface area contributed by atoms with Gasteiger partial charge >= 0.3 is 6.09 Å². The fourth-order valence-electron chi connectivity index (χ4n) is 0.445. The lowest BCUT2D eigenvalue weighted by Gasteiger charge is -2.02. The molecule has 1 heterocycles. The van der Waals surface area contributed by atoms with E-state index in [2.05, 4.69) is 10.2 Å². The third-order valence-corrected chi connectivity index (χ3v) is 0.863. The average molecular weight is 139 g/mol. The molecular weight excluding hydrogens is 134 g/mol. The van der Waals surface area contributed by atoms with Crippen molar-refractivity contribution >= 4 is 18.6 Å². The Hall–Kier alpha value is -1.65. The first-order valence-electron chi connectivity index (χ1n) is 2.55. The molecule has 0 saturated heterocycles. The van der Waals surface area contributed by atoms with Crippen molar-refractivity contribution in [3.63, 3.8) is 0 Å². The van der Waals surface area contributed by atoms with Gasteiger partial charge < -0.3 is 5.11 Å². The van der Waals surface area contributed by atoms with Gasteiger partial charge in [-0.1, -0.05) is 0 Å². The normalized spacial score (nSPS) is 15.4.